The van der Waals surface area contributed by atoms with Gasteiger partial charge < -0.3 is 5.73 Å². The third-order valence-corrected chi connectivity index (χ3v) is 3.49. The van der Waals surface area contributed by atoms with Gasteiger partial charge in [-0.15, -0.1) is 11.3 Å². The highest BCUT2D eigenvalue weighted by atomic mass is 35.5. The summed E-state index contributed by atoms with van der Waals surface area (Å²) in [6.07, 6.45) is -1.94. The monoisotopic (exact) mass is 293 g/mol. The van der Waals surface area contributed by atoms with Crippen molar-refractivity contribution in [3.8, 4) is 0 Å². The summed E-state index contributed by atoms with van der Waals surface area (Å²) in [5.74, 6) is 0. The normalized spacial score (nSPS) is 13.6. The van der Waals surface area contributed by atoms with Crippen LogP contribution in [0.1, 0.15) is 21.6 Å². The first-order valence-electron chi connectivity index (χ1n) is 4.78. The Balaban J connectivity index is 2.26. The highest BCUT2D eigenvalue weighted by molar-refractivity contribution is 7.11. The maximum absolute atomic E-state index is 12.4. The smallest absolute Gasteiger partial charge is 0.318 e. The van der Waals surface area contributed by atoms with E-state index in [2.05, 4.69) is 9.97 Å². The predicted octanol–water partition coefficient (Wildman–Crippen LogP) is 3.26. The van der Waals surface area contributed by atoms with Crippen molar-refractivity contribution in [1.29, 1.82) is 0 Å². The number of thiazole rings is 1. The Morgan fingerprint density at radius 3 is 2.44 bits per heavy atom. The van der Waals surface area contributed by atoms with Crippen LogP contribution in [0.4, 0.5) is 13.2 Å². The molecule has 0 aromatic carbocycles. The molecule has 18 heavy (non-hydrogen) atoms. The molecule has 0 bridgehead atoms. The topological polar surface area (TPSA) is 51.8 Å². The van der Waals surface area contributed by atoms with Crippen molar-refractivity contribution in [1.82, 2.24) is 9.97 Å². The van der Waals surface area contributed by atoms with E-state index in [1.54, 1.807) is 12.1 Å². The van der Waals surface area contributed by atoms with Crippen LogP contribution in [0.2, 0.25) is 5.02 Å². The fourth-order valence-corrected chi connectivity index (χ4v) is 2.19. The molecule has 2 N–H and O–H groups in total. The summed E-state index contributed by atoms with van der Waals surface area (Å²) in [6.45, 7) is 0. The van der Waals surface area contributed by atoms with Gasteiger partial charge in [0.25, 0.3) is 0 Å². The fourth-order valence-electron chi connectivity index (χ4n) is 1.28. The molecule has 0 radical (unpaired) electrons. The zero-order valence-electron chi connectivity index (χ0n) is 8.78. The molecular weight excluding hydrogens is 287 g/mol. The second-order valence-electron chi connectivity index (χ2n) is 3.44. The van der Waals surface area contributed by atoms with Gasteiger partial charge in [0.2, 0.25) is 0 Å². The molecule has 0 fully saturated rings. The van der Waals surface area contributed by atoms with Crippen molar-refractivity contribution in [2.24, 2.45) is 5.73 Å². The zero-order chi connectivity index (χ0) is 13.3. The van der Waals surface area contributed by atoms with Crippen LogP contribution in [0, 0.1) is 0 Å². The van der Waals surface area contributed by atoms with Gasteiger partial charge in [0.15, 0.2) is 5.01 Å². The molecule has 0 aliphatic heterocycles. The molecule has 2 aromatic heterocycles. The average molecular weight is 294 g/mol. The Labute approximate surface area is 109 Å². The van der Waals surface area contributed by atoms with Crippen LogP contribution in [0.5, 0.6) is 0 Å². The first-order chi connectivity index (χ1) is 8.38. The number of nitrogens with two attached hydrogens (primary N) is 1. The van der Waals surface area contributed by atoms with Gasteiger partial charge in [0.05, 0.1) is 16.8 Å². The number of nitrogens with zero attached hydrogens (tertiary/aromatic N) is 2. The molecule has 2 aromatic rings. The molecule has 0 amide bonds. The molecule has 0 spiro atoms. The molecular formula is C10H7ClF3N3S. The molecule has 1 unspecified atom stereocenters. The second-order valence-corrected chi connectivity index (χ2v) is 4.94. The van der Waals surface area contributed by atoms with E-state index in [9.17, 15) is 13.2 Å². The van der Waals surface area contributed by atoms with Crippen molar-refractivity contribution in [3.05, 3.63) is 45.1 Å². The van der Waals surface area contributed by atoms with Crippen molar-refractivity contribution >= 4 is 22.9 Å². The van der Waals surface area contributed by atoms with Gasteiger partial charge in [-0.2, -0.15) is 13.2 Å². The van der Waals surface area contributed by atoms with Gasteiger partial charge in [0, 0.05) is 17.3 Å². The van der Waals surface area contributed by atoms with Crippen molar-refractivity contribution in [3.63, 3.8) is 0 Å². The minimum atomic E-state index is -4.45. The lowest BCUT2D eigenvalue weighted by Gasteiger charge is -2.08. The first-order valence-corrected chi connectivity index (χ1v) is 5.97. The molecule has 3 nitrogen and oxygen atoms in total. The molecule has 2 rings (SSSR count). The summed E-state index contributed by atoms with van der Waals surface area (Å²) in [6, 6.07) is 2.41. The van der Waals surface area contributed by atoms with Crippen molar-refractivity contribution in [2.75, 3.05) is 0 Å². The Bertz CT molecular complexity index is 538. The van der Waals surface area contributed by atoms with Crippen LogP contribution in [0.25, 0.3) is 0 Å². The molecule has 2 heterocycles. The van der Waals surface area contributed by atoms with Crippen molar-refractivity contribution < 1.29 is 13.2 Å². The van der Waals surface area contributed by atoms with Gasteiger partial charge in [-0.3, -0.25) is 4.98 Å². The molecule has 96 valence electrons. The van der Waals surface area contributed by atoms with Crippen LogP contribution < -0.4 is 5.73 Å². The highest BCUT2D eigenvalue weighted by Gasteiger charge is 2.35. The van der Waals surface area contributed by atoms with E-state index in [1.807, 2.05) is 0 Å². The quantitative estimate of drug-likeness (QED) is 0.924. The van der Waals surface area contributed by atoms with Gasteiger partial charge >= 0.3 is 6.18 Å². The Hall–Kier alpha value is -1.18. The summed E-state index contributed by atoms with van der Waals surface area (Å²) in [5.41, 5.74) is 6.26. The van der Waals surface area contributed by atoms with E-state index in [0.717, 1.165) is 6.20 Å². The summed E-state index contributed by atoms with van der Waals surface area (Å²) < 4.78 is 37.2. The van der Waals surface area contributed by atoms with E-state index in [1.165, 1.54) is 6.20 Å². The van der Waals surface area contributed by atoms with Crippen LogP contribution in [0.15, 0.2) is 24.5 Å². The summed E-state index contributed by atoms with van der Waals surface area (Å²) in [7, 11) is 0. The molecule has 0 saturated heterocycles. The first kappa shape index (κ1) is 13.3. The number of hydrogen-bond donors (Lipinski definition) is 1. The number of pyridine rings is 1. The van der Waals surface area contributed by atoms with Crippen molar-refractivity contribution in [2.45, 2.75) is 12.2 Å². The minimum absolute atomic E-state index is 0.303. The van der Waals surface area contributed by atoms with Crippen LogP contribution >= 0.6 is 22.9 Å². The lowest BCUT2D eigenvalue weighted by Crippen LogP contribution is -2.11. The van der Waals surface area contributed by atoms with Gasteiger partial charge in [-0.25, -0.2) is 4.98 Å². The zero-order valence-corrected chi connectivity index (χ0v) is 10.4. The Morgan fingerprint density at radius 1 is 1.22 bits per heavy atom. The number of alkyl halides is 3. The lowest BCUT2D eigenvalue weighted by atomic mass is 10.2. The number of rotatable bonds is 2. The predicted molar refractivity (Wildman–Crippen MR) is 62.4 cm³/mol. The summed E-state index contributed by atoms with van der Waals surface area (Å²) in [4.78, 5) is 7.58. The van der Waals surface area contributed by atoms with Gasteiger partial charge in [0.1, 0.15) is 0 Å². The van der Waals surface area contributed by atoms with Crippen LogP contribution in [0.3, 0.4) is 0 Å². The Morgan fingerprint density at radius 2 is 1.94 bits per heavy atom. The molecule has 0 aliphatic carbocycles. The molecule has 0 aliphatic rings. The maximum Gasteiger partial charge on any atom is 0.443 e. The fraction of sp³-hybridized carbons (Fsp3) is 0.200. The van der Waals surface area contributed by atoms with Crippen LogP contribution in [-0.4, -0.2) is 9.97 Å². The SMILES string of the molecule is NC(c1ccc(Cl)cn1)c1cnc(C(F)(F)F)s1. The van der Waals surface area contributed by atoms with E-state index in [0.29, 0.717) is 26.9 Å². The summed E-state index contributed by atoms with van der Waals surface area (Å²) in [5, 5.41) is -0.479. The van der Waals surface area contributed by atoms with Crippen LogP contribution in [-0.2, 0) is 6.18 Å². The minimum Gasteiger partial charge on any atom is -0.318 e. The standard InChI is InChI=1S/C10H7ClF3N3S/c11-5-1-2-6(16-3-5)8(15)7-4-17-9(18-7)10(12,13)14/h1-4,8H,15H2. The lowest BCUT2D eigenvalue weighted by molar-refractivity contribution is -0.137. The third-order valence-electron chi connectivity index (χ3n) is 2.14. The molecule has 8 heteroatoms. The Kier molecular flexibility index (Phi) is 3.56. The number of halogens is 4. The van der Waals surface area contributed by atoms with E-state index >= 15 is 0 Å². The number of aromatic nitrogens is 2. The third kappa shape index (κ3) is 2.80. The highest BCUT2D eigenvalue weighted by Crippen LogP contribution is 2.34. The van der Waals surface area contributed by atoms with E-state index in [4.69, 9.17) is 17.3 Å². The molecule has 0 saturated carbocycles. The largest absolute Gasteiger partial charge is 0.443 e. The van der Waals surface area contributed by atoms with Gasteiger partial charge in [-0.1, -0.05) is 11.6 Å². The maximum atomic E-state index is 12.4. The van der Waals surface area contributed by atoms with Gasteiger partial charge in [-0.05, 0) is 12.1 Å². The second kappa shape index (κ2) is 4.83. The number of hydrogen-bond acceptors (Lipinski definition) is 4. The summed E-state index contributed by atoms with van der Waals surface area (Å²) >= 11 is 6.18. The molecule has 1 atom stereocenters. The van der Waals surface area contributed by atoms with E-state index in [-0.39, 0.29) is 0 Å². The average Bonchev–Trinajstić information content (AvgIpc) is 2.78. The van der Waals surface area contributed by atoms with E-state index < -0.39 is 17.2 Å².